The molecule has 0 radical (unpaired) electrons. The average Bonchev–Trinajstić information content (AvgIpc) is 2.24. The second-order valence-electron chi connectivity index (χ2n) is 3.80. The Morgan fingerprint density at radius 2 is 1.73 bits per heavy atom. The molecule has 0 saturated heterocycles. The Labute approximate surface area is 106 Å². The van der Waals surface area contributed by atoms with E-state index in [9.17, 15) is 0 Å². The van der Waals surface area contributed by atoms with Crippen molar-refractivity contribution in [2.24, 2.45) is 0 Å². The fourth-order valence-corrected chi connectivity index (χ4v) is 2.81. The van der Waals surface area contributed by atoms with Crippen LogP contribution in [0, 0.1) is 0 Å². The van der Waals surface area contributed by atoms with Crippen LogP contribution in [0.5, 0.6) is 0 Å². The van der Waals surface area contributed by atoms with Crippen LogP contribution in [0.4, 0.5) is 0 Å². The highest BCUT2D eigenvalue weighted by Crippen LogP contribution is 2.27. The third-order valence-corrected chi connectivity index (χ3v) is 3.63. The smallest absolute Gasteiger partial charge is 0.0479 e. The number of benzene rings is 1. The van der Waals surface area contributed by atoms with Crippen molar-refractivity contribution in [3.63, 3.8) is 0 Å². The molecule has 0 bridgehead atoms. The quantitative estimate of drug-likeness (QED) is 0.662. The minimum atomic E-state index is 0.629. The Morgan fingerprint density at radius 3 is 2.27 bits per heavy atom. The number of halogens is 2. The number of hydrogen-bond acceptors (Lipinski definition) is 0. The lowest BCUT2D eigenvalue weighted by Crippen LogP contribution is -1.99. The molecule has 0 N–H and O–H groups in total. The Morgan fingerprint density at radius 1 is 1.07 bits per heavy atom. The van der Waals surface area contributed by atoms with Crippen molar-refractivity contribution in [1.82, 2.24) is 0 Å². The maximum atomic E-state index is 6.06. The van der Waals surface area contributed by atoms with Crippen LogP contribution in [0.3, 0.4) is 0 Å². The predicted octanol–water partition coefficient (Wildman–Crippen LogP) is 5.09. The summed E-state index contributed by atoms with van der Waals surface area (Å²) in [6.45, 7) is 4.41. The highest BCUT2D eigenvalue weighted by atomic mass is 79.9. The molecule has 0 atom stereocenters. The highest BCUT2D eigenvalue weighted by Gasteiger charge is 2.09. The molecule has 0 aliphatic rings. The van der Waals surface area contributed by atoms with Crippen molar-refractivity contribution in [3.8, 4) is 0 Å². The van der Waals surface area contributed by atoms with Crippen LogP contribution in [0.1, 0.15) is 43.4 Å². The van der Waals surface area contributed by atoms with Crippen LogP contribution in [0.25, 0.3) is 0 Å². The molecule has 0 amide bonds. The first kappa shape index (κ1) is 13.1. The molecular formula is C13H18BrCl. The molecule has 0 fully saturated rings. The van der Waals surface area contributed by atoms with Gasteiger partial charge in [-0.05, 0) is 35.6 Å². The lowest BCUT2D eigenvalue weighted by atomic mass is 9.96. The first-order valence-corrected chi connectivity index (χ1v) is 6.92. The summed E-state index contributed by atoms with van der Waals surface area (Å²) in [5, 5.41) is 0. The molecule has 0 aliphatic carbocycles. The van der Waals surface area contributed by atoms with E-state index in [4.69, 9.17) is 11.6 Å². The number of rotatable bonds is 5. The lowest BCUT2D eigenvalue weighted by molar-refractivity contribution is 0.872. The molecule has 0 saturated carbocycles. The minimum absolute atomic E-state index is 0.629. The Balaban J connectivity index is 3.14. The van der Waals surface area contributed by atoms with Gasteiger partial charge in [0.25, 0.3) is 0 Å². The average molecular weight is 290 g/mol. The first-order valence-electron chi connectivity index (χ1n) is 5.59. The van der Waals surface area contributed by atoms with Gasteiger partial charge in [0, 0.05) is 10.4 Å². The predicted molar refractivity (Wildman–Crippen MR) is 71.7 cm³/mol. The van der Waals surface area contributed by atoms with Gasteiger partial charge in [-0.25, -0.2) is 0 Å². The van der Waals surface area contributed by atoms with E-state index < -0.39 is 0 Å². The molecule has 0 unspecified atom stereocenters. The van der Waals surface area contributed by atoms with Gasteiger partial charge in [-0.15, -0.1) is 11.6 Å². The standard InChI is InChI=1S/C13H18BrCl/c1-3-5-10-7-8-13(14)11(6-4-2)12(10)9-15/h7-8H,3-6,9H2,1-2H3. The SMILES string of the molecule is CCCc1ccc(Br)c(CCC)c1CCl. The molecular weight excluding hydrogens is 272 g/mol. The van der Waals surface area contributed by atoms with Crippen molar-refractivity contribution >= 4 is 27.5 Å². The molecule has 2 heteroatoms. The zero-order valence-corrected chi connectivity index (χ0v) is 11.8. The van der Waals surface area contributed by atoms with Gasteiger partial charge >= 0.3 is 0 Å². The van der Waals surface area contributed by atoms with Gasteiger partial charge in [-0.2, -0.15) is 0 Å². The van der Waals surface area contributed by atoms with E-state index in [-0.39, 0.29) is 0 Å². The van der Waals surface area contributed by atoms with Crippen LogP contribution in [-0.4, -0.2) is 0 Å². The van der Waals surface area contributed by atoms with E-state index in [1.54, 1.807) is 0 Å². The van der Waals surface area contributed by atoms with Crippen molar-refractivity contribution < 1.29 is 0 Å². The maximum Gasteiger partial charge on any atom is 0.0479 e. The monoisotopic (exact) mass is 288 g/mol. The van der Waals surface area contributed by atoms with E-state index in [1.165, 1.54) is 27.6 Å². The summed E-state index contributed by atoms with van der Waals surface area (Å²) < 4.78 is 1.21. The van der Waals surface area contributed by atoms with Crippen LogP contribution < -0.4 is 0 Å². The Kier molecular flexibility index (Phi) is 5.70. The summed E-state index contributed by atoms with van der Waals surface area (Å²) in [5.41, 5.74) is 4.16. The van der Waals surface area contributed by atoms with E-state index in [1.807, 2.05) is 0 Å². The molecule has 15 heavy (non-hydrogen) atoms. The van der Waals surface area contributed by atoms with Crippen LogP contribution >= 0.6 is 27.5 Å². The van der Waals surface area contributed by atoms with Gasteiger partial charge in [0.15, 0.2) is 0 Å². The van der Waals surface area contributed by atoms with Crippen molar-refractivity contribution in [2.45, 2.75) is 45.4 Å². The molecule has 0 aromatic heterocycles. The zero-order valence-electron chi connectivity index (χ0n) is 9.45. The molecule has 0 nitrogen and oxygen atoms in total. The topological polar surface area (TPSA) is 0 Å². The normalized spacial score (nSPS) is 10.7. The minimum Gasteiger partial charge on any atom is -0.122 e. The molecule has 0 heterocycles. The number of aryl methyl sites for hydroxylation is 1. The largest absolute Gasteiger partial charge is 0.122 e. The lowest BCUT2D eigenvalue weighted by Gasteiger charge is -2.14. The van der Waals surface area contributed by atoms with E-state index in [0.29, 0.717) is 5.88 Å². The Hall–Kier alpha value is -0.0100. The fraction of sp³-hybridized carbons (Fsp3) is 0.538. The van der Waals surface area contributed by atoms with Crippen molar-refractivity contribution in [1.29, 1.82) is 0 Å². The summed E-state index contributed by atoms with van der Waals surface area (Å²) in [6.07, 6.45) is 4.58. The van der Waals surface area contributed by atoms with Crippen molar-refractivity contribution in [2.75, 3.05) is 0 Å². The second kappa shape index (κ2) is 6.55. The summed E-state index contributed by atoms with van der Waals surface area (Å²) in [4.78, 5) is 0. The van der Waals surface area contributed by atoms with Gasteiger partial charge in [0.1, 0.15) is 0 Å². The molecule has 1 aromatic carbocycles. The van der Waals surface area contributed by atoms with Crippen molar-refractivity contribution in [3.05, 3.63) is 33.3 Å². The van der Waals surface area contributed by atoms with Crippen LogP contribution in [0.2, 0.25) is 0 Å². The van der Waals surface area contributed by atoms with E-state index >= 15 is 0 Å². The van der Waals surface area contributed by atoms with Crippen LogP contribution in [-0.2, 0) is 18.7 Å². The number of alkyl halides is 1. The van der Waals surface area contributed by atoms with Gasteiger partial charge in [0.05, 0.1) is 0 Å². The molecule has 0 spiro atoms. The van der Waals surface area contributed by atoms with Gasteiger partial charge in [-0.3, -0.25) is 0 Å². The first-order chi connectivity index (χ1) is 7.24. The third-order valence-electron chi connectivity index (χ3n) is 2.62. The van der Waals surface area contributed by atoms with Gasteiger partial charge in [-0.1, -0.05) is 48.7 Å². The molecule has 84 valence electrons. The second-order valence-corrected chi connectivity index (χ2v) is 4.92. The van der Waals surface area contributed by atoms with E-state index in [2.05, 4.69) is 41.9 Å². The fourth-order valence-electron chi connectivity index (χ4n) is 1.90. The maximum absolute atomic E-state index is 6.06. The zero-order chi connectivity index (χ0) is 11.3. The highest BCUT2D eigenvalue weighted by molar-refractivity contribution is 9.10. The van der Waals surface area contributed by atoms with Gasteiger partial charge in [0.2, 0.25) is 0 Å². The molecule has 1 aromatic rings. The molecule has 1 rings (SSSR count). The third kappa shape index (κ3) is 3.22. The summed E-state index contributed by atoms with van der Waals surface area (Å²) in [5.74, 6) is 0.629. The number of hydrogen-bond donors (Lipinski definition) is 0. The Bertz CT molecular complexity index is 321. The van der Waals surface area contributed by atoms with E-state index in [0.717, 1.165) is 19.3 Å². The summed E-state index contributed by atoms with van der Waals surface area (Å²) >= 11 is 9.68. The molecule has 0 aliphatic heterocycles. The van der Waals surface area contributed by atoms with Crippen LogP contribution in [0.15, 0.2) is 16.6 Å². The summed E-state index contributed by atoms with van der Waals surface area (Å²) in [7, 11) is 0. The van der Waals surface area contributed by atoms with Gasteiger partial charge < -0.3 is 0 Å². The summed E-state index contributed by atoms with van der Waals surface area (Å²) in [6, 6.07) is 4.36.